The molecule has 1 aromatic carbocycles. The van der Waals surface area contributed by atoms with E-state index in [2.05, 4.69) is 31.0 Å². The number of fused-ring (bicyclic) bond motifs is 1. The van der Waals surface area contributed by atoms with Crippen LogP contribution in [0.5, 0.6) is 5.75 Å². The van der Waals surface area contributed by atoms with Gasteiger partial charge in [0.05, 0.1) is 6.20 Å². The lowest BCUT2D eigenvalue weighted by Gasteiger charge is -2.00. The van der Waals surface area contributed by atoms with Gasteiger partial charge in [-0.15, -0.1) is 0 Å². The Morgan fingerprint density at radius 2 is 2.19 bits per heavy atom. The predicted octanol–water partition coefficient (Wildman–Crippen LogP) is 2.30. The molecule has 3 aromatic rings. The van der Waals surface area contributed by atoms with Crippen molar-refractivity contribution in [2.24, 2.45) is 7.05 Å². The minimum Gasteiger partial charge on any atom is -0.508 e. The summed E-state index contributed by atoms with van der Waals surface area (Å²) < 4.78 is 2.38. The van der Waals surface area contributed by atoms with E-state index in [1.807, 2.05) is 0 Å². The number of aromatic amines is 1. The van der Waals surface area contributed by atoms with E-state index in [1.165, 1.54) is 6.20 Å². The maximum absolute atomic E-state index is 11.9. The molecule has 0 aliphatic carbocycles. The molecule has 0 saturated carbocycles. The number of benzene rings is 1. The molecule has 0 unspecified atom stereocenters. The smallest absolute Gasteiger partial charge is 0.262 e. The first-order chi connectivity index (χ1) is 10.0. The zero-order chi connectivity index (χ0) is 15.0. The summed E-state index contributed by atoms with van der Waals surface area (Å²) in [4.78, 5) is 18.9. The van der Waals surface area contributed by atoms with Crippen LogP contribution in [0.3, 0.4) is 0 Å². The number of phenolic OH excluding ortho intramolecular Hbond substituents is 1. The second kappa shape index (κ2) is 5.17. The van der Waals surface area contributed by atoms with E-state index in [4.69, 9.17) is 0 Å². The van der Waals surface area contributed by atoms with Gasteiger partial charge in [-0.2, -0.15) is 5.10 Å². The highest BCUT2D eigenvalue weighted by molar-refractivity contribution is 9.10. The summed E-state index contributed by atoms with van der Waals surface area (Å²) in [5, 5.41) is 14.0. The minimum atomic E-state index is -0.234. The average Bonchev–Trinajstić information content (AvgIpc) is 2.82. The molecule has 0 spiro atoms. The van der Waals surface area contributed by atoms with E-state index < -0.39 is 0 Å². The summed E-state index contributed by atoms with van der Waals surface area (Å²) in [5.74, 6) is 0.590. The van der Waals surface area contributed by atoms with Crippen LogP contribution in [-0.2, 0) is 7.05 Å². The standard InChI is InChI=1S/C14H11BrN4O2/c1-19-13-10(7-16-19)14(21)18-12(17-13)5-2-8-6-9(20)3-4-11(8)15/h2-7,20H,1H3,(H,17,18,21). The molecule has 0 aliphatic rings. The van der Waals surface area contributed by atoms with Crippen molar-refractivity contribution in [2.75, 3.05) is 0 Å². The largest absolute Gasteiger partial charge is 0.508 e. The van der Waals surface area contributed by atoms with E-state index in [1.54, 1.807) is 42.1 Å². The van der Waals surface area contributed by atoms with Crippen molar-refractivity contribution < 1.29 is 5.11 Å². The highest BCUT2D eigenvalue weighted by atomic mass is 79.9. The van der Waals surface area contributed by atoms with Crippen LogP contribution in [-0.4, -0.2) is 24.9 Å². The quantitative estimate of drug-likeness (QED) is 0.745. The van der Waals surface area contributed by atoms with Crippen LogP contribution in [0.15, 0.2) is 33.7 Å². The van der Waals surface area contributed by atoms with Crippen LogP contribution in [0.1, 0.15) is 11.4 Å². The van der Waals surface area contributed by atoms with Gasteiger partial charge in [-0.1, -0.05) is 22.0 Å². The number of aromatic hydroxyl groups is 1. The third kappa shape index (κ3) is 2.59. The van der Waals surface area contributed by atoms with Crippen molar-refractivity contribution in [1.29, 1.82) is 0 Å². The minimum absolute atomic E-state index is 0.168. The molecule has 0 bridgehead atoms. The van der Waals surface area contributed by atoms with Crippen LogP contribution < -0.4 is 5.56 Å². The molecule has 0 fully saturated rings. The van der Waals surface area contributed by atoms with E-state index in [-0.39, 0.29) is 11.3 Å². The Kier molecular flexibility index (Phi) is 3.34. The van der Waals surface area contributed by atoms with E-state index >= 15 is 0 Å². The van der Waals surface area contributed by atoms with Crippen molar-refractivity contribution in [3.05, 3.63) is 50.6 Å². The van der Waals surface area contributed by atoms with Gasteiger partial charge in [0.25, 0.3) is 5.56 Å². The molecular weight excluding hydrogens is 336 g/mol. The van der Waals surface area contributed by atoms with Crippen molar-refractivity contribution in [3.8, 4) is 5.75 Å². The summed E-state index contributed by atoms with van der Waals surface area (Å²) in [6.07, 6.45) is 4.91. The third-order valence-electron chi connectivity index (χ3n) is 3.02. The number of phenols is 1. The Morgan fingerprint density at radius 1 is 1.38 bits per heavy atom. The lowest BCUT2D eigenvalue weighted by atomic mass is 10.2. The molecular formula is C14H11BrN4O2. The highest BCUT2D eigenvalue weighted by Gasteiger charge is 2.06. The highest BCUT2D eigenvalue weighted by Crippen LogP contribution is 2.23. The lowest BCUT2D eigenvalue weighted by molar-refractivity contribution is 0.475. The number of rotatable bonds is 2. The van der Waals surface area contributed by atoms with E-state index in [9.17, 15) is 9.90 Å². The number of halogens is 1. The van der Waals surface area contributed by atoms with Crippen LogP contribution in [0.25, 0.3) is 23.2 Å². The summed E-state index contributed by atoms with van der Waals surface area (Å²) in [6.45, 7) is 0. The van der Waals surface area contributed by atoms with Gasteiger partial charge in [0.1, 0.15) is 17.0 Å². The van der Waals surface area contributed by atoms with E-state index in [0.29, 0.717) is 16.9 Å². The first-order valence-electron chi connectivity index (χ1n) is 6.13. The average molecular weight is 347 g/mol. The van der Waals surface area contributed by atoms with Crippen molar-refractivity contribution in [3.63, 3.8) is 0 Å². The molecule has 2 aromatic heterocycles. The number of nitrogens with zero attached hydrogens (tertiary/aromatic N) is 3. The van der Waals surface area contributed by atoms with Crippen LogP contribution in [0.2, 0.25) is 0 Å². The second-order valence-corrected chi connectivity index (χ2v) is 5.35. The molecule has 3 rings (SSSR count). The summed E-state index contributed by atoms with van der Waals surface area (Å²) >= 11 is 3.39. The molecule has 6 nitrogen and oxygen atoms in total. The Hall–Kier alpha value is -2.41. The SMILES string of the molecule is Cn1ncc2c(=O)[nH]c(C=Cc3cc(O)ccc3Br)nc21. The maximum Gasteiger partial charge on any atom is 0.262 e. The zero-order valence-electron chi connectivity index (χ0n) is 11.0. The molecule has 21 heavy (non-hydrogen) atoms. The fourth-order valence-electron chi connectivity index (χ4n) is 1.96. The second-order valence-electron chi connectivity index (χ2n) is 4.50. The lowest BCUT2D eigenvalue weighted by Crippen LogP contribution is -2.09. The fourth-order valence-corrected chi connectivity index (χ4v) is 2.33. The molecule has 2 N–H and O–H groups in total. The van der Waals surface area contributed by atoms with Gasteiger partial charge < -0.3 is 10.1 Å². The molecule has 0 aliphatic heterocycles. The van der Waals surface area contributed by atoms with Gasteiger partial charge in [0.2, 0.25) is 0 Å². The number of aromatic nitrogens is 4. The number of hydrogen-bond donors (Lipinski definition) is 2. The van der Waals surface area contributed by atoms with Crippen LogP contribution in [0.4, 0.5) is 0 Å². The Balaban J connectivity index is 2.05. The molecule has 2 heterocycles. The van der Waals surface area contributed by atoms with Crippen molar-refractivity contribution >= 4 is 39.1 Å². The van der Waals surface area contributed by atoms with Gasteiger partial charge in [-0.3, -0.25) is 9.48 Å². The van der Waals surface area contributed by atoms with Crippen LogP contribution in [0, 0.1) is 0 Å². The maximum atomic E-state index is 11.9. The molecule has 106 valence electrons. The topological polar surface area (TPSA) is 83.8 Å². The predicted molar refractivity (Wildman–Crippen MR) is 83.9 cm³/mol. The van der Waals surface area contributed by atoms with E-state index in [0.717, 1.165) is 10.0 Å². The Bertz CT molecular complexity index is 911. The van der Waals surface area contributed by atoms with Gasteiger partial charge in [0, 0.05) is 11.5 Å². The van der Waals surface area contributed by atoms with Crippen molar-refractivity contribution in [2.45, 2.75) is 0 Å². The molecule has 7 heteroatoms. The van der Waals surface area contributed by atoms with Gasteiger partial charge in [-0.05, 0) is 29.8 Å². The van der Waals surface area contributed by atoms with Gasteiger partial charge >= 0.3 is 0 Å². The monoisotopic (exact) mass is 346 g/mol. The number of H-pyrrole nitrogens is 1. The molecule has 0 atom stereocenters. The third-order valence-corrected chi connectivity index (χ3v) is 3.74. The number of nitrogens with one attached hydrogen (secondary N) is 1. The zero-order valence-corrected chi connectivity index (χ0v) is 12.6. The number of hydrogen-bond acceptors (Lipinski definition) is 4. The fraction of sp³-hybridized carbons (Fsp3) is 0.0714. The Labute approximate surface area is 127 Å². The summed E-state index contributed by atoms with van der Waals surface area (Å²) in [6, 6.07) is 4.94. The number of aryl methyl sites for hydroxylation is 1. The first kappa shape index (κ1) is 13.6. The Morgan fingerprint density at radius 3 is 3.00 bits per heavy atom. The summed E-state index contributed by atoms with van der Waals surface area (Å²) in [5.41, 5.74) is 1.07. The molecule has 0 radical (unpaired) electrons. The van der Waals surface area contributed by atoms with Crippen LogP contribution >= 0.6 is 15.9 Å². The summed E-state index contributed by atoms with van der Waals surface area (Å²) in [7, 11) is 1.73. The molecule has 0 saturated heterocycles. The van der Waals surface area contributed by atoms with Crippen molar-refractivity contribution in [1.82, 2.24) is 19.7 Å². The normalized spacial score (nSPS) is 11.5. The first-order valence-corrected chi connectivity index (χ1v) is 6.92. The van der Waals surface area contributed by atoms with Gasteiger partial charge in [-0.25, -0.2) is 4.98 Å². The molecule has 0 amide bonds. The van der Waals surface area contributed by atoms with Gasteiger partial charge in [0.15, 0.2) is 5.65 Å².